The van der Waals surface area contributed by atoms with Crippen LogP contribution in [0.5, 0.6) is 0 Å². The van der Waals surface area contributed by atoms with Crippen LogP contribution in [0.3, 0.4) is 0 Å². The van der Waals surface area contributed by atoms with Crippen LogP contribution in [0.15, 0.2) is 22.7 Å². The molecular formula is C14H17FN4O2. The molecule has 1 aromatic heterocycles. The Morgan fingerprint density at radius 1 is 1.29 bits per heavy atom. The van der Waals surface area contributed by atoms with Crippen LogP contribution in [0.25, 0.3) is 11.0 Å². The monoisotopic (exact) mass is 292 g/mol. The van der Waals surface area contributed by atoms with Gasteiger partial charge in [-0.2, -0.15) is 0 Å². The number of aromatic nitrogens is 1. The molecule has 0 spiro atoms. The Labute approximate surface area is 121 Å². The molecule has 1 aliphatic heterocycles. The average molecular weight is 292 g/mol. The molecule has 2 aromatic rings. The molecule has 0 atom stereocenters. The Morgan fingerprint density at radius 3 is 2.71 bits per heavy atom. The van der Waals surface area contributed by atoms with Crippen LogP contribution in [0.2, 0.25) is 0 Å². The first kappa shape index (κ1) is 14.0. The fourth-order valence-electron chi connectivity index (χ4n) is 2.62. The van der Waals surface area contributed by atoms with Gasteiger partial charge in [0, 0.05) is 44.2 Å². The second-order valence-corrected chi connectivity index (χ2v) is 5.29. The van der Waals surface area contributed by atoms with Gasteiger partial charge < -0.3 is 10.3 Å². The van der Waals surface area contributed by atoms with Gasteiger partial charge in [-0.1, -0.05) is 5.16 Å². The Bertz CT molecular complexity index is 649. The van der Waals surface area contributed by atoms with Gasteiger partial charge in [0.05, 0.1) is 6.54 Å². The Morgan fingerprint density at radius 2 is 2.00 bits per heavy atom. The van der Waals surface area contributed by atoms with E-state index in [2.05, 4.69) is 10.1 Å². The number of fused-ring (bicyclic) bond motifs is 1. The van der Waals surface area contributed by atoms with Crippen LogP contribution < -0.4 is 5.73 Å². The van der Waals surface area contributed by atoms with Crippen molar-refractivity contribution in [3.8, 4) is 0 Å². The van der Waals surface area contributed by atoms with Gasteiger partial charge in [0.25, 0.3) is 0 Å². The first-order valence-electron chi connectivity index (χ1n) is 6.88. The number of halogens is 1. The third-order valence-electron chi connectivity index (χ3n) is 3.73. The van der Waals surface area contributed by atoms with Crippen LogP contribution >= 0.6 is 0 Å². The third kappa shape index (κ3) is 3.20. The first-order valence-corrected chi connectivity index (χ1v) is 6.88. The minimum atomic E-state index is -0.328. The van der Waals surface area contributed by atoms with Crippen LogP contribution in [0.4, 0.5) is 4.39 Å². The maximum absolute atomic E-state index is 13.1. The lowest BCUT2D eigenvalue weighted by Crippen LogP contribution is -2.48. The van der Waals surface area contributed by atoms with E-state index in [4.69, 9.17) is 10.3 Å². The van der Waals surface area contributed by atoms with Crippen molar-refractivity contribution in [1.29, 1.82) is 0 Å². The number of nitrogens with two attached hydrogens (primary N) is 1. The van der Waals surface area contributed by atoms with E-state index in [1.165, 1.54) is 12.1 Å². The Balaban J connectivity index is 1.63. The van der Waals surface area contributed by atoms with Gasteiger partial charge in [0.1, 0.15) is 11.5 Å². The van der Waals surface area contributed by atoms with E-state index in [-0.39, 0.29) is 11.7 Å². The quantitative estimate of drug-likeness (QED) is 0.891. The number of benzene rings is 1. The van der Waals surface area contributed by atoms with Gasteiger partial charge in [-0.05, 0) is 12.1 Å². The number of rotatable bonds is 4. The van der Waals surface area contributed by atoms with Crippen LogP contribution in [0, 0.1) is 5.82 Å². The zero-order valence-corrected chi connectivity index (χ0v) is 11.6. The van der Waals surface area contributed by atoms with E-state index < -0.39 is 0 Å². The number of hydrogen-bond donors (Lipinski definition) is 1. The van der Waals surface area contributed by atoms with Gasteiger partial charge in [0.2, 0.25) is 5.91 Å². The summed E-state index contributed by atoms with van der Waals surface area (Å²) in [6, 6.07) is 4.45. The van der Waals surface area contributed by atoms with E-state index in [1.807, 2.05) is 4.90 Å². The predicted molar refractivity (Wildman–Crippen MR) is 74.9 cm³/mol. The number of hydrogen-bond acceptors (Lipinski definition) is 5. The lowest BCUT2D eigenvalue weighted by atomic mass is 10.2. The minimum Gasteiger partial charge on any atom is -0.369 e. The zero-order chi connectivity index (χ0) is 14.8. The largest absolute Gasteiger partial charge is 0.369 e. The standard InChI is InChI=1S/C14H17FN4O2/c15-10-1-2-11-12(17-21-13(11)7-10)8-18-3-5-19(6-4-18)9-14(16)20/h1-2,7H,3-6,8-9H2,(H2,16,20). The highest BCUT2D eigenvalue weighted by atomic mass is 19.1. The van der Waals surface area contributed by atoms with Crippen molar-refractivity contribution in [3.05, 3.63) is 29.7 Å². The summed E-state index contributed by atoms with van der Waals surface area (Å²) in [7, 11) is 0. The number of primary amides is 1. The van der Waals surface area contributed by atoms with Gasteiger partial charge in [0.15, 0.2) is 5.58 Å². The molecule has 0 aliphatic carbocycles. The molecular weight excluding hydrogens is 275 g/mol. The normalized spacial score (nSPS) is 17.4. The second kappa shape index (κ2) is 5.79. The number of amides is 1. The van der Waals surface area contributed by atoms with E-state index in [0.717, 1.165) is 37.3 Å². The highest BCUT2D eigenvalue weighted by Crippen LogP contribution is 2.21. The molecule has 1 amide bonds. The molecule has 7 heteroatoms. The lowest BCUT2D eigenvalue weighted by Gasteiger charge is -2.33. The summed E-state index contributed by atoms with van der Waals surface area (Å²) in [5.74, 6) is -0.627. The summed E-state index contributed by atoms with van der Waals surface area (Å²) >= 11 is 0. The van der Waals surface area contributed by atoms with Gasteiger partial charge >= 0.3 is 0 Å². The average Bonchev–Trinajstić information content (AvgIpc) is 2.83. The first-order chi connectivity index (χ1) is 10.1. The van der Waals surface area contributed by atoms with Crippen LogP contribution in [-0.2, 0) is 11.3 Å². The number of carbonyl (C=O) groups is 1. The van der Waals surface area contributed by atoms with E-state index in [0.29, 0.717) is 18.7 Å². The molecule has 2 N–H and O–H groups in total. The van der Waals surface area contributed by atoms with Gasteiger partial charge in [-0.25, -0.2) is 4.39 Å². The molecule has 3 rings (SSSR count). The van der Waals surface area contributed by atoms with Crippen molar-refractivity contribution >= 4 is 16.9 Å². The molecule has 112 valence electrons. The SMILES string of the molecule is NC(=O)CN1CCN(Cc2noc3cc(F)ccc23)CC1. The number of carbonyl (C=O) groups excluding carboxylic acids is 1. The summed E-state index contributed by atoms with van der Waals surface area (Å²) in [5.41, 5.74) is 6.48. The molecule has 1 aliphatic rings. The lowest BCUT2D eigenvalue weighted by molar-refractivity contribution is -0.119. The fraction of sp³-hybridized carbons (Fsp3) is 0.429. The molecule has 1 fully saturated rings. The second-order valence-electron chi connectivity index (χ2n) is 5.29. The minimum absolute atomic E-state index is 0.298. The Hall–Kier alpha value is -1.99. The maximum atomic E-state index is 13.1. The topological polar surface area (TPSA) is 75.6 Å². The van der Waals surface area contributed by atoms with Crippen LogP contribution in [-0.4, -0.2) is 53.6 Å². The van der Waals surface area contributed by atoms with Crippen molar-refractivity contribution in [1.82, 2.24) is 15.0 Å². The molecule has 0 bridgehead atoms. The molecule has 0 radical (unpaired) electrons. The molecule has 0 unspecified atom stereocenters. The smallest absolute Gasteiger partial charge is 0.231 e. The summed E-state index contributed by atoms with van der Waals surface area (Å²) in [6.07, 6.45) is 0. The van der Waals surface area contributed by atoms with E-state index >= 15 is 0 Å². The summed E-state index contributed by atoms with van der Waals surface area (Å²) in [5, 5.41) is 4.87. The van der Waals surface area contributed by atoms with Gasteiger partial charge in [-0.3, -0.25) is 14.6 Å². The number of piperazine rings is 1. The molecule has 0 saturated carbocycles. The molecule has 2 heterocycles. The van der Waals surface area contributed by atoms with Crippen molar-refractivity contribution in [2.75, 3.05) is 32.7 Å². The van der Waals surface area contributed by atoms with Gasteiger partial charge in [-0.15, -0.1) is 0 Å². The zero-order valence-electron chi connectivity index (χ0n) is 11.6. The molecule has 1 aromatic carbocycles. The van der Waals surface area contributed by atoms with E-state index in [9.17, 15) is 9.18 Å². The summed E-state index contributed by atoms with van der Waals surface area (Å²) in [6.45, 7) is 4.23. The molecule has 21 heavy (non-hydrogen) atoms. The van der Waals surface area contributed by atoms with Crippen molar-refractivity contribution in [2.24, 2.45) is 5.73 Å². The highest BCUT2D eigenvalue weighted by molar-refractivity contribution is 5.79. The third-order valence-corrected chi connectivity index (χ3v) is 3.73. The van der Waals surface area contributed by atoms with Crippen molar-refractivity contribution < 1.29 is 13.7 Å². The van der Waals surface area contributed by atoms with E-state index in [1.54, 1.807) is 6.07 Å². The van der Waals surface area contributed by atoms with Crippen LogP contribution in [0.1, 0.15) is 5.69 Å². The molecule has 6 nitrogen and oxygen atoms in total. The fourth-order valence-corrected chi connectivity index (χ4v) is 2.62. The number of nitrogens with zero attached hydrogens (tertiary/aromatic N) is 3. The highest BCUT2D eigenvalue weighted by Gasteiger charge is 2.20. The Kier molecular flexibility index (Phi) is 3.85. The summed E-state index contributed by atoms with van der Waals surface area (Å²) < 4.78 is 18.3. The van der Waals surface area contributed by atoms with Crippen molar-refractivity contribution in [2.45, 2.75) is 6.54 Å². The molecule has 1 saturated heterocycles. The maximum Gasteiger partial charge on any atom is 0.231 e. The summed E-state index contributed by atoms with van der Waals surface area (Å²) in [4.78, 5) is 15.2. The van der Waals surface area contributed by atoms with Crippen molar-refractivity contribution in [3.63, 3.8) is 0 Å². The predicted octanol–water partition coefficient (Wildman–Crippen LogP) is 0.570.